The molecule has 22 heavy (non-hydrogen) atoms. The first-order valence-corrected chi connectivity index (χ1v) is 7.36. The summed E-state index contributed by atoms with van der Waals surface area (Å²) in [4.78, 5) is 13.8. The summed E-state index contributed by atoms with van der Waals surface area (Å²) < 4.78 is 27.1. The molecule has 0 aromatic heterocycles. The molecule has 1 aromatic carbocycles. The predicted molar refractivity (Wildman–Crippen MR) is 84.7 cm³/mol. The Morgan fingerprint density at radius 2 is 2.09 bits per heavy atom. The first-order chi connectivity index (χ1) is 9.90. The molecule has 0 aliphatic heterocycles. The maximum Gasteiger partial charge on any atom is 0.223 e. The van der Waals surface area contributed by atoms with E-state index in [1.54, 1.807) is 14.0 Å². The van der Waals surface area contributed by atoms with Crippen molar-refractivity contribution < 1.29 is 13.6 Å². The van der Waals surface area contributed by atoms with Gasteiger partial charge in [0.15, 0.2) is 0 Å². The van der Waals surface area contributed by atoms with Crippen molar-refractivity contribution in [2.45, 2.75) is 44.7 Å². The van der Waals surface area contributed by atoms with Gasteiger partial charge in [-0.2, -0.15) is 0 Å². The van der Waals surface area contributed by atoms with Gasteiger partial charge in [0.05, 0.1) is 6.04 Å². The summed E-state index contributed by atoms with van der Waals surface area (Å²) in [6, 6.07) is 2.87. The standard InChI is InChI=1S/C16H22F2N2O.ClH/c1-10(13-9-12(17)6-7-14(13)18)20(2)16(21)8-11-4-3-5-15(11)19;/h6-7,9-11,15H,3-5,8,19H2,1-2H3;1H/t10?,11-,15+;/m0./s1. The van der Waals surface area contributed by atoms with Gasteiger partial charge in [-0.1, -0.05) is 6.42 Å². The molecule has 6 heteroatoms. The highest BCUT2D eigenvalue weighted by Gasteiger charge is 2.29. The van der Waals surface area contributed by atoms with Crippen LogP contribution < -0.4 is 5.73 Å². The Bertz CT molecular complexity index is 527. The molecule has 0 radical (unpaired) electrons. The Kier molecular flexibility index (Phi) is 6.75. The van der Waals surface area contributed by atoms with Gasteiger partial charge in [0, 0.05) is 25.1 Å². The van der Waals surface area contributed by atoms with Crippen LogP contribution in [0, 0.1) is 17.6 Å². The molecule has 1 saturated carbocycles. The number of benzene rings is 1. The van der Waals surface area contributed by atoms with Gasteiger partial charge in [-0.05, 0) is 43.9 Å². The average molecular weight is 333 g/mol. The molecule has 0 heterocycles. The molecular formula is C16H23ClF2N2O. The van der Waals surface area contributed by atoms with Gasteiger partial charge in [0.1, 0.15) is 11.6 Å². The highest BCUT2D eigenvalue weighted by Crippen LogP contribution is 2.29. The molecule has 1 aliphatic carbocycles. The number of halogens is 3. The Labute approximate surface area is 136 Å². The summed E-state index contributed by atoms with van der Waals surface area (Å²) in [6.45, 7) is 1.70. The third-order valence-corrected chi connectivity index (χ3v) is 4.54. The molecule has 0 spiro atoms. The molecule has 1 amide bonds. The van der Waals surface area contributed by atoms with Gasteiger partial charge in [-0.15, -0.1) is 12.4 Å². The van der Waals surface area contributed by atoms with Crippen molar-refractivity contribution in [3.8, 4) is 0 Å². The first-order valence-electron chi connectivity index (χ1n) is 7.36. The average Bonchev–Trinajstić information content (AvgIpc) is 2.85. The quantitative estimate of drug-likeness (QED) is 0.918. The van der Waals surface area contributed by atoms with E-state index >= 15 is 0 Å². The van der Waals surface area contributed by atoms with Crippen LogP contribution in [-0.4, -0.2) is 23.9 Å². The molecule has 0 bridgehead atoms. The van der Waals surface area contributed by atoms with Gasteiger partial charge >= 0.3 is 0 Å². The summed E-state index contributed by atoms with van der Waals surface area (Å²) >= 11 is 0. The largest absolute Gasteiger partial charge is 0.339 e. The van der Waals surface area contributed by atoms with Crippen LogP contribution in [0.2, 0.25) is 0 Å². The summed E-state index contributed by atoms with van der Waals surface area (Å²) in [6.07, 6.45) is 3.34. The fraction of sp³-hybridized carbons (Fsp3) is 0.562. The molecule has 1 fully saturated rings. The minimum Gasteiger partial charge on any atom is -0.339 e. The lowest BCUT2D eigenvalue weighted by Gasteiger charge is -2.27. The third-order valence-electron chi connectivity index (χ3n) is 4.54. The second-order valence-electron chi connectivity index (χ2n) is 5.91. The van der Waals surface area contributed by atoms with Gasteiger partial charge in [-0.25, -0.2) is 8.78 Å². The van der Waals surface area contributed by atoms with E-state index in [1.165, 1.54) is 4.90 Å². The number of hydrogen-bond donors (Lipinski definition) is 1. The predicted octanol–water partition coefficient (Wildman–Crippen LogP) is 3.42. The number of carbonyl (C=O) groups excluding carboxylic acids is 1. The van der Waals surface area contributed by atoms with Gasteiger partial charge < -0.3 is 10.6 Å². The van der Waals surface area contributed by atoms with Crippen molar-refractivity contribution in [3.63, 3.8) is 0 Å². The van der Waals surface area contributed by atoms with Crippen LogP contribution in [0.3, 0.4) is 0 Å². The minimum absolute atomic E-state index is 0. The van der Waals surface area contributed by atoms with Crippen LogP contribution in [-0.2, 0) is 4.79 Å². The number of amides is 1. The van der Waals surface area contributed by atoms with E-state index < -0.39 is 17.7 Å². The number of carbonyl (C=O) groups is 1. The summed E-state index contributed by atoms with van der Waals surface area (Å²) in [5.74, 6) is -0.879. The number of hydrogen-bond acceptors (Lipinski definition) is 2. The Balaban J connectivity index is 0.00000242. The van der Waals surface area contributed by atoms with E-state index in [4.69, 9.17) is 5.73 Å². The van der Waals surface area contributed by atoms with E-state index in [1.807, 2.05) is 0 Å². The van der Waals surface area contributed by atoms with E-state index in [0.29, 0.717) is 6.42 Å². The zero-order chi connectivity index (χ0) is 15.6. The van der Waals surface area contributed by atoms with Crippen molar-refractivity contribution in [1.82, 2.24) is 4.90 Å². The highest BCUT2D eigenvalue weighted by molar-refractivity contribution is 5.85. The number of rotatable bonds is 4. The Hall–Kier alpha value is -1.20. The number of nitrogens with two attached hydrogens (primary N) is 1. The van der Waals surface area contributed by atoms with Crippen LogP contribution >= 0.6 is 12.4 Å². The van der Waals surface area contributed by atoms with Crippen molar-refractivity contribution in [2.24, 2.45) is 11.7 Å². The van der Waals surface area contributed by atoms with Crippen LogP contribution in [0.15, 0.2) is 18.2 Å². The summed E-state index contributed by atoms with van der Waals surface area (Å²) in [5.41, 5.74) is 6.17. The zero-order valence-corrected chi connectivity index (χ0v) is 13.7. The summed E-state index contributed by atoms with van der Waals surface area (Å²) in [5, 5.41) is 0. The van der Waals surface area contributed by atoms with Crippen LogP contribution in [0.1, 0.15) is 44.2 Å². The topological polar surface area (TPSA) is 46.3 Å². The lowest BCUT2D eigenvalue weighted by molar-refractivity contribution is -0.132. The molecule has 3 nitrogen and oxygen atoms in total. The molecular weight excluding hydrogens is 310 g/mol. The smallest absolute Gasteiger partial charge is 0.223 e. The fourth-order valence-electron chi connectivity index (χ4n) is 2.95. The fourth-order valence-corrected chi connectivity index (χ4v) is 2.95. The van der Waals surface area contributed by atoms with E-state index in [-0.39, 0.29) is 35.8 Å². The van der Waals surface area contributed by atoms with Crippen LogP contribution in [0.5, 0.6) is 0 Å². The zero-order valence-electron chi connectivity index (χ0n) is 12.9. The lowest BCUT2D eigenvalue weighted by atomic mass is 9.98. The van der Waals surface area contributed by atoms with Crippen molar-refractivity contribution in [3.05, 3.63) is 35.4 Å². The van der Waals surface area contributed by atoms with E-state index in [2.05, 4.69) is 0 Å². The SMILES string of the molecule is CC(c1cc(F)ccc1F)N(C)C(=O)C[C@@H]1CCC[C@H]1N.Cl. The molecule has 2 rings (SSSR count). The maximum absolute atomic E-state index is 13.8. The molecule has 1 aliphatic rings. The molecule has 2 N–H and O–H groups in total. The van der Waals surface area contributed by atoms with Gasteiger partial charge in [0.25, 0.3) is 0 Å². The third kappa shape index (κ3) is 4.17. The Morgan fingerprint density at radius 3 is 2.68 bits per heavy atom. The van der Waals surface area contributed by atoms with Crippen molar-refractivity contribution >= 4 is 18.3 Å². The van der Waals surface area contributed by atoms with Crippen LogP contribution in [0.25, 0.3) is 0 Å². The monoisotopic (exact) mass is 332 g/mol. The van der Waals surface area contributed by atoms with E-state index in [0.717, 1.165) is 37.5 Å². The molecule has 0 saturated heterocycles. The van der Waals surface area contributed by atoms with E-state index in [9.17, 15) is 13.6 Å². The molecule has 3 atom stereocenters. The molecule has 1 unspecified atom stereocenters. The van der Waals surface area contributed by atoms with Crippen LogP contribution in [0.4, 0.5) is 8.78 Å². The highest BCUT2D eigenvalue weighted by atomic mass is 35.5. The lowest BCUT2D eigenvalue weighted by Crippen LogP contribution is -2.34. The maximum atomic E-state index is 13.8. The second kappa shape index (κ2) is 7.88. The van der Waals surface area contributed by atoms with Crippen molar-refractivity contribution in [1.29, 1.82) is 0 Å². The van der Waals surface area contributed by atoms with Gasteiger partial charge in [-0.3, -0.25) is 4.79 Å². The number of nitrogens with zero attached hydrogens (tertiary/aromatic N) is 1. The molecule has 124 valence electrons. The second-order valence-corrected chi connectivity index (χ2v) is 5.91. The first kappa shape index (κ1) is 18.8. The Morgan fingerprint density at radius 1 is 1.41 bits per heavy atom. The summed E-state index contributed by atoms with van der Waals surface area (Å²) in [7, 11) is 1.62. The molecule has 1 aromatic rings. The van der Waals surface area contributed by atoms with Crippen molar-refractivity contribution in [2.75, 3.05) is 7.05 Å². The normalized spacial score (nSPS) is 22.0. The minimum atomic E-state index is -0.508. The van der Waals surface area contributed by atoms with Gasteiger partial charge in [0.2, 0.25) is 5.91 Å².